The van der Waals surface area contributed by atoms with Gasteiger partial charge in [-0.3, -0.25) is 9.59 Å². The third-order valence-electron chi connectivity index (χ3n) is 2.98. The zero-order valence-corrected chi connectivity index (χ0v) is 14.5. The molecule has 0 spiro atoms. The highest BCUT2D eigenvalue weighted by Gasteiger charge is 2.13. The molecule has 0 aliphatic heterocycles. The lowest BCUT2D eigenvalue weighted by Crippen LogP contribution is -2.41. The minimum atomic E-state index is -0.460. The summed E-state index contributed by atoms with van der Waals surface area (Å²) in [5.41, 5.74) is 6.55. The number of hydrogen-bond donors (Lipinski definition) is 3. The third-order valence-corrected chi connectivity index (χ3v) is 3.62. The number of thioether (sulfide) groups is 1. The molecule has 1 atom stereocenters. The molecule has 0 radical (unpaired) electrons. The van der Waals surface area contributed by atoms with Crippen molar-refractivity contribution in [3.05, 3.63) is 23.7 Å². The van der Waals surface area contributed by atoms with Gasteiger partial charge in [0.05, 0.1) is 12.3 Å². The van der Waals surface area contributed by atoms with Crippen LogP contribution in [0, 0.1) is 6.92 Å². The molecule has 0 saturated heterocycles. The molecular formula is C14H24ClN3O3S. The summed E-state index contributed by atoms with van der Waals surface area (Å²) >= 11 is 1.67. The fraction of sp³-hybridized carbons (Fsp3) is 0.571. The number of amides is 2. The van der Waals surface area contributed by atoms with E-state index in [1.165, 1.54) is 6.26 Å². The second-order valence-corrected chi connectivity index (χ2v) is 5.71. The first-order valence-corrected chi connectivity index (χ1v) is 8.30. The maximum atomic E-state index is 11.7. The van der Waals surface area contributed by atoms with Crippen LogP contribution in [0.4, 0.5) is 0 Å². The quantitative estimate of drug-likeness (QED) is 0.584. The summed E-state index contributed by atoms with van der Waals surface area (Å²) in [6.07, 6.45) is 4.78. The zero-order chi connectivity index (χ0) is 15.7. The zero-order valence-electron chi connectivity index (χ0n) is 12.9. The Balaban J connectivity index is 0.00000441. The van der Waals surface area contributed by atoms with Crippen LogP contribution < -0.4 is 16.4 Å². The molecule has 1 aromatic heterocycles. The van der Waals surface area contributed by atoms with Crippen molar-refractivity contribution in [1.82, 2.24) is 10.6 Å². The van der Waals surface area contributed by atoms with Crippen molar-refractivity contribution < 1.29 is 14.0 Å². The van der Waals surface area contributed by atoms with Crippen molar-refractivity contribution in [1.29, 1.82) is 0 Å². The van der Waals surface area contributed by atoms with Gasteiger partial charge in [-0.05, 0) is 37.8 Å². The van der Waals surface area contributed by atoms with E-state index < -0.39 is 6.04 Å². The van der Waals surface area contributed by atoms with E-state index in [-0.39, 0.29) is 24.2 Å². The van der Waals surface area contributed by atoms with E-state index in [1.54, 1.807) is 17.8 Å². The number of furan rings is 1. The van der Waals surface area contributed by atoms with Gasteiger partial charge in [-0.15, -0.1) is 12.4 Å². The summed E-state index contributed by atoms with van der Waals surface area (Å²) in [7, 11) is 0. The Morgan fingerprint density at radius 2 is 2.05 bits per heavy atom. The molecule has 22 heavy (non-hydrogen) atoms. The molecule has 0 bridgehead atoms. The highest BCUT2D eigenvalue weighted by molar-refractivity contribution is 7.98. The van der Waals surface area contributed by atoms with E-state index >= 15 is 0 Å². The molecule has 0 aliphatic rings. The molecule has 0 unspecified atom stereocenters. The number of halogens is 1. The second kappa shape index (κ2) is 11.4. The molecule has 8 heteroatoms. The molecule has 4 N–H and O–H groups in total. The number of carbonyl (C=O) groups is 2. The van der Waals surface area contributed by atoms with Crippen molar-refractivity contribution >= 4 is 36.0 Å². The maximum absolute atomic E-state index is 11.7. The fourth-order valence-electron chi connectivity index (χ4n) is 1.69. The monoisotopic (exact) mass is 349 g/mol. The van der Waals surface area contributed by atoms with Crippen LogP contribution in [-0.2, 0) is 4.79 Å². The smallest absolute Gasteiger partial charge is 0.287 e. The van der Waals surface area contributed by atoms with E-state index in [0.717, 1.165) is 11.3 Å². The van der Waals surface area contributed by atoms with Crippen molar-refractivity contribution in [2.24, 2.45) is 5.73 Å². The molecule has 0 fully saturated rings. The van der Waals surface area contributed by atoms with Crippen LogP contribution >= 0.6 is 24.2 Å². The van der Waals surface area contributed by atoms with Gasteiger partial charge in [0.15, 0.2) is 5.76 Å². The molecule has 2 amide bonds. The van der Waals surface area contributed by atoms with Gasteiger partial charge in [0, 0.05) is 18.7 Å². The summed E-state index contributed by atoms with van der Waals surface area (Å²) < 4.78 is 5.09. The predicted molar refractivity (Wildman–Crippen MR) is 91.6 cm³/mol. The number of carbonyl (C=O) groups excluding carboxylic acids is 2. The van der Waals surface area contributed by atoms with Crippen LogP contribution in [0.15, 0.2) is 16.7 Å². The molecule has 126 valence electrons. The Morgan fingerprint density at radius 1 is 1.36 bits per heavy atom. The summed E-state index contributed by atoms with van der Waals surface area (Å²) in [6.45, 7) is 2.77. The molecule has 0 aliphatic carbocycles. The lowest BCUT2D eigenvalue weighted by molar-refractivity contribution is -0.122. The number of hydrogen-bond acceptors (Lipinski definition) is 5. The van der Waals surface area contributed by atoms with E-state index in [2.05, 4.69) is 10.6 Å². The van der Waals surface area contributed by atoms with Crippen LogP contribution in [0.2, 0.25) is 0 Å². The van der Waals surface area contributed by atoms with E-state index in [0.29, 0.717) is 31.7 Å². The van der Waals surface area contributed by atoms with Crippen LogP contribution in [0.1, 0.15) is 29.0 Å². The standard InChI is InChI=1S/C14H23N3O3S.ClH/c1-10-4-8-20-12(10)14(19)17-7-3-6-16-13(18)11(15)5-9-21-2;/h4,8,11H,3,5-7,9,15H2,1-2H3,(H,16,18)(H,17,19);1H/t11-;/m0./s1. The Bertz CT molecular complexity index is 468. The van der Waals surface area contributed by atoms with Crippen LogP contribution in [0.3, 0.4) is 0 Å². The van der Waals surface area contributed by atoms with Gasteiger partial charge in [0.2, 0.25) is 5.91 Å². The molecule has 0 saturated carbocycles. The Hall–Kier alpha value is -1.18. The number of nitrogens with two attached hydrogens (primary N) is 1. The van der Waals surface area contributed by atoms with Crippen LogP contribution in [0.25, 0.3) is 0 Å². The molecule has 1 rings (SSSR count). The SMILES string of the molecule is CSCC[C@H](N)C(=O)NCCCNC(=O)c1occc1C.Cl. The van der Waals surface area contributed by atoms with Crippen molar-refractivity contribution in [3.8, 4) is 0 Å². The third kappa shape index (κ3) is 7.20. The highest BCUT2D eigenvalue weighted by atomic mass is 35.5. The lowest BCUT2D eigenvalue weighted by atomic mass is 10.2. The molecule has 0 aromatic carbocycles. The average molecular weight is 350 g/mol. The van der Waals surface area contributed by atoms with Crippen molar-refractivity contribution in [2.75, 3.05) is 25.1 Å². The van der Waals surface area contributed by atoms with Crippen LogP contribution in [0.5, 0.6) is 0 Å². The fourth-order valence-corrected chi connectivity index (χ4v) is 2.18. The minimum Gasteiger partial charge on any atom is -0.459 e. The first kappa shape index (κ1) is 20.8. The molecule has 6 nitrogen and oxygen atoms in total. The maximum Gasteiger partial charge on any atom is 0.287 e. The predicted octanol–water partition coefficient (Wildman–Crippen LogP) is 1.33. The molecule has 1 heterocycles. The summed E-state index contributed by atoms with van der Waals surface area (Å²) in [5.74, 6) is 0.823. The van der Waals surface area contributed by atoms with Gasteiger partial charge in [-0.25, -0.2) is 0 Å². The van der Waals surface area contributed by atoms with E-state index in [1.807, 2.05) is 13.2 Å². The molecular weight excluding hydrogens is 326 g/mol. The lowest BCUT2D eigenvalue weighted by Gasteiger charge is -2.11. The Kier molecular flexibility index (Phi) is 10.8. The van der Waals surface area contributed by atoms with Gasteiger partial charge < -0.3 is 20.8 Å². The summed E-state index contributed by atoms with van der Waals surface area (Å²) in [5, 5.41) is 5.51. The first-order chi connectivity index (χ1) is 10.1. The molecule has 1 aromatic rings. The normalized spacial score (nSPS) is 11.4. The van der Waals surface area contributed by atoms with Crippen molar-refractivity contribution in [2.45, 2.75) is 25.8 Å². The number of rotatable bonds is 9. The first-order valence-electron chi connectivity index (χ1n) is 6.90. The van der Waals surface area contributed by atoms with Gasteiger partial charge >= 0.3 is 0 Å². The van der Waals surface area contributed by atoms with Gasteiger partial charge in [-0.1, -0.05) is 0 Å². The van der Waals surface area contributed by atoms with Gasteiger partial charge in [0.1, 0.15) is 0 Å². The van der Waals surface area contributed by atoms with Crippen LogP contribution in [-0.4, -0.2) is 43.0 Å². The number of aryl methyl sites for hydroxylation is 1. The minimum absolute atomic E-state index is 0. The Labute approximate surface area is 141 Å². The summed E-state index contributed by atoms with van der Waals surface area (Å²) in [4.78, 5) is 23.4. The summed E-state index contributed by atoms with van der Waals surface area (Å²) in [6, 6.07) is 1.28. The van der Waals surface area contributed by atoms with Gasteiger partial charge in [0.25, 0.3) is 5.91 Å². The van der Waals surface area contributed by atoms with Crippen molar-refractivity contribution in [3.63, 3.8) is 0 Å². The Morgan fingerprint density at radius 3 is 2.64 bits per heavy atom. The number of nitrogens with one attached hydrogen (secondary N) is 2. The van der Waals surface area contributed by atoms with E-state index in [4.69, 9.17) is 10.2 Å². The van der Waals surface area contributed by atoms with Gasteiger partial charge in [-0.2, -0.15) is 11.8 Å². The average Bonchev–Trinajstić information content (AvgIpc) is 2.90. The highest BCUT2D eigenvalue weighted by Crippen LogP contribution is 2.07. The second-order valence-electron chi connectivity index (χ2n) is 4.72. The largest absolute Gasteiger partial charge is 0.459 e. The topological polar surface area (TPSA) is 97.4 Å². The van der Waals surface area contributed by atoms with E-state index in [9.17, 15) is 9.59 Å².